The summed E-state index contributed by atoms with van der Waals surface area (Å²) < 4.78 is 17.6. The molecule has 8 atom stereocenters. The third-order valence-corrected chi connectivity index (χ3v) is 15.2. The summed E-state index contributed by atoms with van der Waals surface area (Å²) in [6.07, 6.45) is 67.2. The Morgan fingerprint density at radius 3 is 1.34 bits per heavy atom. The number of aliphatic hydroxyl groups excluding tert-OH is 5. The highest BCUT2D eigenvalue weighted by atomic mass is 16.7. The molecule has 1 aliphatic rings. The molecule has 82 heavy (non-hydrogen) atoms. The number of hydrogen-bond donors (Lipinski definition) is 6. The van der Waals surface area contributed by atoms with Gasteiger partial charge in [0.15, 0.2) is 12.4 Å². The van der Waals surface area contributed by atoms with Gasteiger partial charge in [0.05, 0.1) is 25.4 Å². The molecule has 11 nitrogen and oxygen atoms in total. The Morgan fingerprint density at radius 2 is 0.878 bits per heavy atom. The number of esters is 1. The highest BCUT2D eigenvalue weighted by Crippen LogP contribution is 2.26. The number of aliphatic hydroxyl groups is 5. The van der Waals surface area contributed by atoms with Gasteiger partial charge in [0, 0.05) is 6.42 Å². The van der Waals surface area contributed by atoms with Crippen molar-refractivity contribution in [2.24, 2.45) is 0 Å². The number of ether oxygens (including phenoxy) is 3. The minimum atomic E-state index is -1.63. The largest absolute Gasteiger partial charge is 0.454 e. The van der Waals surface area contributed by atoms with Crippen molar-refractivity contribution in [1.29, 1.82) is 0 Å². The fourth-order valence-corrected chi connectivity index (χ4v) is 9.94. The number of carbonyl (C=O) groups is 2. The molecule has 1 heterocycles. The number of carbonyl (C=O) groups excluding carboxylic acids is 2. The molecule has 0 aromatic heterocycles. The van der Waals surface area contributed by atoms with Crippen LogP contribution in [0.3, 0.4) is 0 Å². The Labute approximate surface area is 501 Å². The lowest BCUT2D eigenvalue weighted by molar-refractivity contribution is -0.305. The molecule has 0 bridgehead atoms. The predicted molar refractivity (Wildman–Crippen MR) is 342 cm³/mol. The summed E-state index contributed by atoms with van der Waals surface area (Å²) in [7, 11) is 0. The molecule has 11 heteroatoms. The summed E-state index contributed by atoms with van der Waals surface area (Å²) in [5, 5.41) is 57.1. The van der Waals surface area contributed by atoms with E-state index in [2.05, 4.69) is 111 Å². The Balaban J connectivity index is 2.64. The Kier molecular flexibility index (Phi) is 54.2. The van der Waals surface area contributed by atoms with Crippen molar-refractivity contribution in [3.63, 3.8) is 0 Å². The number of rotatable bonds is 56. The van der Waals surface area contributed by atoms with Crippen molar-refractivity contribution in [3.05, 3.63) is 97.2 Å². The number of unbranched alkanes of at least 4 members (excludes halogenated alkanes) is 28. The van der Waals surface area contributed by atoms with Crippen molar-refractivity contribution < 1.29 is 49.3 Å². The Morgan fingerprint density at radius 1 is 0.488 bits per heavy atom. The second-order valence-electron chi connectivity index (χ2n) is 22.8. The molecular formula is C71H123NO10. The van der Waals surface area contributed by atoms with Crippen molar-refractivity contribution in [2.75, 3.05) is 13.2 Å². The van der Waals surface area contributed by atoms with Crippen LogP contribution in [-0.4, -0.2) is 99.6 Å². The summed E-state index contributed by atoms with van der Waals surface area (Å²) >= 11 is 0. The third kappa shape index (κ3) is 45.0. The number of nitrogens with one attached hydrogen (secondary N) is 1. The third-order valence-electron chi connectivity index (χ3n) is 15.2. The maximum absolute atomic E-state index is 13.5. The highest BCUT2D eigenvalue weighted by Gasteiger charge is 2.47. The van der Waals surface area contributed by atoms with Crippen molar-refractivity contribution in [2.45, 2.75) is 327 Å². The van der Waals surface area contributed by atoms with E-state index in [1.54, 1.807) is 6.08 Å². The minimum absolute atomic E-state index is 0.0971. The van der Waals surface area contributed by atoms with Crippen LogP contribution < -0.4 is 5.32 Å². The van der Waals surface area contributed by atoms with E-state index in [1.807, 2.05) is 6.08 Å². The molecule has 8 unspecified atom stereocenters. The number of hydrogen-bond acceptors (Lipinski definition) is 10. The van der Waals surface area contributed by atoms with Gasteiger partial charge >= 0.3 is 5.97 Å². The molecule has 0 spiro atoms. The van der Waals surface area contributed by atoms with E-state index in [9.17, 15) is 35.1 Å². The van der Waals surface area contributed by atoms with Crippen LogP contribution in [0.25, 0.3) is 0 Å². The summed E-state index contributed by atoms with van der Waals surface area (Å²) in [5.74, 6) is -1.22. The molecule has 0 radical (unpaired) electrons. The Hall–Kier alpha value is -3.42. The average Bonchev–Trinajstić information content (AvgIpc) is 3.44. The van der Waals surface area contributed by atoms with Crippen LogP contribution in [0.4, 0.5) is 0 Å². The molecule has 0 aliphatic carbocycles. The van der Waals surface area contributed by atoms with Gasteiger partial charge in [-0.25, -0.2) is 0 Å². The van der Waals surface area contributed by atoms with E-state index in [4.69, 9.17) is 14.2 Å². The molecule has 1 aliphatic heterocycles. The SMILES string of the molecule is CC/C=C\C/C=C\C/C=C\C/C=C\C/C=C\CCCCCCCC(=O)OC1C(OCC(NC(=O)C(O)CCCCCCCCCCCC/C=C\C/C=C\CCCCC)C(O)/C=C/CCCCCCCCCCCC)OC(CO)C(O)C1O. The lowest BCUT2D eigenvalue weighted by atomic mass is 9.99. The zero-order valence-electron chi connectivity index (χ0n) is 52.3. The first kappa shape index (κ1) is 76.6. The summed E-state index contributed by atoms with van der Waals surface area (Å²) in [4.78, 5) is 26.6. The van der Waals surface area contributed by atoms with Gasteiger partial charge in [0.1, 0.15) is 24.4 Å². The maximum atomic E-state index is 13.5. The molecule has 1 fully saturated rings. The predicted octanol–water partition coefficient (Wildman–Crippen LogP) is 16.7. The smallest absolute Gasteiger partial charge is 0.306 e. The van der Waals surface area contributed by atoms with Crippen LogP contribution in [0.5, 0.6) is 0 Å². The van der Waals surface area contributed by atoms with E-state index in [-0.39, 0.29) is 19.4 Å². The van der Waals surface area contributed by atoms with E-state index in [1.165, 1.54) is 116 Å². The van der Waals surface area contributed by atoms with E-state index >= 15 is 0 Å². The molecule has 6 N–H and O–H groups in total. The first-order valence-electron chi connectivity index (χ1n) is 33.5. The zero-order valence-corrected chi connectivity index (χ0v) is 52.3. The molecule has 1 saturated heterocycles. The zero-order chi connectivity index (χ0) is 59.6. The molecule has 1 rings (SSSR count). The normalized spacial score (nSPS) is 19.2. The molecule has 0 saturated carbocycles. The van der Waals surface area contributed by atoms with Gasteiger partial charge in [-0.15, -0.1) is 0 Å². The second kappa shape index (κ2) is 58.0. The maximum Gasteiger partial charge on any atom is 0.306 e. The molecule has 472 valence electrons. The summed E-state index contributed by atoms with van der Waals surface area (Å²) in [6, 6.07) is -1.03. The van der Waals surface area contributed by atoms with Crippen molar-refractivity contribution in [1.82, 2.24) is 5.32 Å². The minimum Gasteiger partial charge on any atom is -0.454 e. The van der Waals surface area contributed by atoms with Gasteiger partial charge in [0.2, 0.25) is 5.91 Å². The van der Waals surface area contributed by atoms with Gasteiger partial charge in [0.25, 0.3) is 0 Å². The lowest BCUT2D eigenvalue weighted by Gasteiger charge is -2.41. The topological polar surface area (TPSA) is 175 Å². The van der Waals surface area contributed by atoms with Gasteiger partial charge in [-0.3, -0.25) is 9.59 Å². The first-order valence-corrected chi connectivity index (χ1v) is 33.5. The van der Waals surface area contributed by atoms with Gasteiger partial charge in [-0.1, -0.05) is 266 Å². The fourth-order valence-electron chi connectivity index (χ4n) is 9.94. The van der Waals surface area contributed by atoms with Crippen LogP contribution in [0.15, 0.2) is 97.2 Å². The highest BCUT2D eigenvalue weighted by molar-refractivity contribution is 5.80. The van der Waals surface area contributed by atoms with Gasteiger partial charge < -0.3 is 45.1 Å². The molecule has 0 aromatic rings. The van der Waals surface area contributed by atoms with E-state index in [0.717, 1.165) is 116 Å². The Bertz CT molecular complexity index is 1700. The van der Waals surface area contributed by atoms with E-state index < -0.39 is 67.4 Å². The van der Waals surface area contributed by atoms with Crippen LogP contribution in [0, 0.1) is 0 Å². The number of allylic oxidation sites excluding steroid dienone is 15. The van der Waals surface area contributed by atoms with Crippen LogP contribution in [0.1, 0.15) is 278 Å². The van der Waals surface area contributed by atoms with Crippen LogP contribution >= 0.6 is 0 Å². The second-order valence-corrected chi connectivity index (χ2v) is 22.8. The average molecular weight is 1150 g/mol. The monoisotopic (exact) mass is 1150 g/mol. The first-order chi connectivity index (χ1) is 40.2. The van der Waals surface area contributed by atoms with Crippen molar-refractivity contribution in [3.8, 4) is 0 Å². The lowest BCUT2D eigenvalue weighted by Crippen LogP contribution is -2.61. The summed E-state index contributed by atoms with van der Waals surface area (Å²) in [6.45, 7) is 5.65. The van der Waals surface area contributed by atoms with Crippen molar-refractivity contribution >= 4 is 11.9 Å². The fraction of sp³-hybridized carbons (Fsp3) is 0.746. The quantitative estimate of drug-likeness (QED) is 0.0195. The van der Waals surface area contributed by atoms with Gasteiger partial charge in [-0.05, 0) is 103 Å². The molecule has 0 aromatic carbocycles. The molecular weight excluding hydrogens is 1030 g/mol. The summed E-state index contributed by atoms with van der Waals surface area (Å²) in [5.41, 5.74) is 0. The standard InChI is InChI=1S/C71H123NO10/c1-4-7-10-13-16-19-22-25-27-29-31-33-35-37-39-41-44-47-50-53-56-59-66(76)82-69-68(78)67(77)65(60-73)81-71(69)80-61-62(63(74)57-54-51-48-45-42-24-21-18-15-12-9-6-3)72-70(79)64(75)58-55-52-49-46-43-40-38-36-34-32-30-28-26-23-20-17-14-11-8-5-2/h7,10,16-17,19-20,25-28,31,33,37,39,54,57,62-65,67-69,71,73-75,77-78H,4-6,8-9,11-15,18,21-24,29-30,32,34-36,38,40-53,55-56,58-61H2,1-3H3,(H,72,79)/b10-7-,19-16-,20-17-,27-25-,28-26-,33-31-,39-37-,57-54+. The van der Waals surface area contributed by atoms with Crippen LogP contribution in [0.2, 0.25) is 0 Å². The number of amides is 1. The molecule has 1 amide bonds. The van der Waals surface area contributed by atoms with E-state index in [0.29, 0.717) is 12.8 Å². The van der Waals surface area contributed by atoms with Gasteiger partial charge in [-0.2, -0.15) is 0 Å². The van der Waals surface area contributed by atoms with Crippen LogP contribution in [-0.2, 0) is 23.8 Å².